The molecule has 0 fully saturated rings. The lowest BCUT2D eigenvalue weighted by atomic mass is 10.2. The number of aryl methyl sites for hydroxylation is 1. The minimum Gasteiger partial charge on any atom is -0.399 e. The molecule has 0 aliphatic carbocycles. The Bertz CT molecular complexity index is 454. The van der Waals surface area contributed by atoms with Gasteiger partial charge < -0.3 is 5.73 Å². The number of hydrogen-bond acceptors (Lipinski definition) is 3. The summed E-state index contributed by atoms with van der Waals surface area (Å²) in [5.41, 5.74) is 7.43. The van der Waals surface area contributed by atoms with E-state index < -0.39 is 10.2 Å². The molecule has 6 heteroatoms. The molecule has 0 saturated heterocycles. The van der Waals surface area contributed by atoms with E-state index in [1.54, 1.807) is 18.2 Å². The van der Waals surface area contributed by atoms with Gasteiger partial charge in [0.05, 0.1) is 5.69 Å². The van der Waals surface area contributed by atoms with Gasteiger partial charge in [0.15, 0.2) is 0 Å². The second-order valence-corrected chi connectivity index (χ2v) is 5.35. The molecule has 0 aliphatic heterocycles. The zero-order valence-corrected chi connectivity index (χ0v) is 9.80. The highest BCUT2D eigenvalue weighted by Crippen LogP contribution is 2.19. The predicted octanol–water partition coefficient (Wildman–Crippen LogP) is 0.796. The fraction of sp³-hybridized carbons (Fsp3) is 0.333. The molecule has 0 atom stereocenters. The van der Waals surface area contributed by atoms with Crippen LogP contribution < -0.4 is 10.5 Å². The summed E-state index contributed by atoms with van der Waals surface area (Å²) in [6, 6.07) is 5.09. The Hall–Kier alpha value is -1.27. The second kappa shape index (κ2) is 4.08. The topological polar surface area (TPSA) is 75.4 Å². The van der Waals surface area contributed by atoms with E-state index >= 15 is 0 Å². The van der Waals surface area contributed by atoms with Gasteiger partial charge in [0, 0.05) is 19.8 Å². The molecule has 0 bridgehead atoms. The SMILES string of the molecule is Cc1ccc(N)cc1NS(=O)(=O)N(C)C. The van der Waals surface area contributed by atoms with Gasteiger partial charge in [-0.2, -0.15) is 12.7 Å². The van der Waals surface area contributed by atoms with E-state index in [4.69, 9.17) is 5.73 Å². The van der Waals surface area contributed by atoms with Gasteiger partial charge in [0.25, 0.3) is 0 Å². The predicted molar refractivity (Wildman–Crippen MR) is 61.8 cm³/mol. The fourth-order valence-electron chi connectivity index (χ4n) is 0.980. The molecule has 0 spiro atoms. The standard InChI is InChI=1S/C9H15N3O2S/c1-7-4-5-8(10)6-9(7)11-15(13,14)12(2)3/h4-6,11H,10H2,1-3H3. The van der Waals surface area contributed by atoms with E-state index in [1.165, 1.54) is 14.1 Å². The van der Waals surface area contributed by atoms with Crippen LogP contribution in [0.2, 0.25) is 0 Å². The van der Waals surface area contributed by atoms with Crippen LogP contribution in [0, 0.1) is 6.92 Å². The third kappa shape index (κ3) is 2.84. The molecule has 0 amide bonds. The Kier molecular flexibility index (Phi) is 3.21. The monoisotopic (exact) mass is 229 g/mol. The van der Waals surface area contributed by atoms with E-state index in [2.05, 4.69) is 4.72 Å². The first kappa shape index (κ1) is 11.8. The van der Waals surface area contributed by atoms with Crippen LogP contribution in [0.3, 0.4) is 0 Å². The van der Waals surface area contributed by atoms with Gasteiger partial charge in [-0.05, 0) is 24.6 Å². The van der Waals surface area contributed by atoms with Crippen molar-refractivity contribution in [2.24, 2.45) is 0 Å². The van der Waals surface area contributed by atoms with E-state index in [-0.39, 0.29) is 0 Å². The average molecular weight is 229 g/mol. The summed E-state index contributed by atoms with van der Waals surface area (Å²) >= 11 is 0. The molecule has 1 aromatic carbocycles. The summed E-state index contributed by atoms with van der Waals surface area (Å²) < 4.78 is 26.6. The number of nitrogen functional groups attached to an aromatic ring is 1. The van der Waals surface area contributed by atoms with Crippen molar-refractivity contribution in [3.8, 4) is 0 Å². The van der Waals surface area contributed by atoms with Crippen molar-refractivity contribution < 1.29 is 8.42 Å². The number of rotatable bonds is 3. The molecule has 1 aromatic rings. The summed E-state index contributed by atoms with van der Waals surface area (Å²) in [5.74, 6) is 0. The molecule has 5 nitrogen and oxygen atoms in total. The fourth-order valence-corrected chi connectivity index (χ4v) is 1.66. The van der Waals surface area contributed by atoms with E-state index in [9.17, 15) is 8.42 Å². The number of nitrogens with zero attached hydrogens (tertiary/aromatic N) is 1. The Balaban J connectivity index is 3.05. The van der Waals surface area contributed by atoms with Crippen molar-refractivity contribution in [1.29, 1.82) is 0 Å². The maximum atomic E-state index is 11.5. The molecule has 0 radical (unpaired) electrons. The van der Waals surface area contributed by atoms with Gasteiger partial charge in [-0.3, -0.25) is 4.72 Å². The summed E-state index contributed by atoms with van der Waals surface area (Å²) in [5, 5.41) is 0. The number of anilines is 2. The lowest BCUT2D eigenvalue weighted by Gasteiger charge is -2.15. The summed E-state index contributed by atoms with van der Waals surface area (Å²) in [6.07, 6.45) is 0. The van der Waals surface area contributed by atoms with Gasteiger partial charge in [0.1, 0.15) is 0 Å². The molecule has 15 heavy (non-hydrogen) atoms. The highest BCUT2D eigenvalue weighted by Gasteiger charge is 2.13. The third-order valence-electron chi connectivity index (χ3n) is 1.98. The molecule has 0 unspecified atom stereocenters. The van der Waals surface area contributed by atoms with Crippen molar-refractivity contribution in [2.45, 2.75) is 6.92 Å². The van der Waals surface area contributed by atoms with Gasteiger partial charge in [0.2, 0.25) is 0 Å². The van der Waals surface area contributed by atoms with E-state index in [0.29, 0.717) is 11.4 Å². The van der Waals surface area contributed by atoms with Crippen LogP contribution in [0.5, 0.6) is 0 Å². The molecule has 0 heterocycles. The molecule has 84 valence electrons. The van der Waals surface area contributed by atoms with Gasteiger partial charge in [-0.15, -0.1) is 0 Å². The van der Waals surface area contributed by atoms with Crippen LogP contribution in [0.25, 0.3) is 0 Å². The summed E-state index contributed by atoms with van der Waals surface area (Å²) in [4.78, 5) is 0. The summed E-state index contributed by atoms with van der Waals surface area (Å²) in [7, 11) is -0.538. The largest absolute Gasteiger partial charge is 0.399 e. The molecule has 0 aliphatic rings. The zero-order chi connectivity index (χ0) is 11.6. The lowest BCUT2D eigenvalue weighted by Crippen LogP contribution is -2.29. The van der Waals surface area contributed by atoms with Crippen LogP contribution in [0.4, 0.5) is 11.4 Å². The highest BCUT2D eigenvalue weighted by atomic mass is 32.2. The van der Waals surface area contributed by atoms with Crippen LogP contribution in [-0.4, -0.2) is 26.8 Å². The first-order chi connectivity index (χ1) is 6.83. The van der Waals surface area contributed by atoms with Gasteiger partial charge in [-0.1, -0.05) is 6.07 Å². The maximum Gasteiger partial charge on any atom is 0.301 e. The molecule has 0 saturated carbocycles. The van der Waals surface area contributed by atoms with Crippen LogP contribution in [0.15, 0.2) is 18.2 Å². The third-order valence-corrected chi connectivity index (χ3v) is 3.42. The normalized spacial score (nSPS) is 11.7. The molecule has 1 rings (SSSR count). The van der Waals surface area contributed by atoms with E-state index in [1.807, 2.05) is 6.92 Å². The van der Waals surface area contributed by atoms with Gasteiger partial charge in [-0.25, -0.2) is 0 Å². The van der Waals surface area contributed by atoms with E-state index in [0.717, 1.165) is 9.87 Å². The van der Waals surface area contributed by atoms with Crippen LogP contribution in [-0.2, 0) is 10.2 Å². The molecule has 3 N–H and O–H groups in total. The van der Waals surface area contributed by atoms with Crippen LogP contribution in [0.1, 0.15) is 5.56 Å². The van der Waals surface area contributed by atoms with Crippen molar-refractivity contribution in [1.82, 2.24) is 4.31 Å². The number of nitrogens with one attached hydrogen (secondary N) is 1. The lowest BCUT2D eigenvalue weighted by molar-refractivity contribution is 0.527. The minimum absolute atomic E-state index is 0.503. The average Bonchev–Trinajstić information content (AvgIpc) is 2.10. The second-order valence-electron chi connectivity index (χ2n) is 3.46. The minimum atomic E-state index is -3.46. The van der Waals surface area contributed by atoms with Crippen molar-refractivity contribution >= 4 is 21.6 Å². The molecule has 0 aromatic heterocycles. The van der Waals surface area contributed by atoms with Crippen LogP contribution >= 0.6 is 0 Å². The number of nitrogens with two attached hydrogens (primary N) is 1. The number of benzene rings is 1. The Morgan fingerprint density at radius 2 is 1.93 bits per heavy atom. The first-order valence-electron chi connectivity index (χ1n) is 4.39. The first-order valence-corrected chi connectivity index (χ1v) is 5.83. The quantitative estimate of drug-likeness (QED) is 0.753. The van der Waals surface area contributed by atoms with Gasteiger partial charge >= 0.3 is 10.2 Å². The zero-order valence-electron chi connectivity index (χ0n) is 8.98. The maximum absolute atomic E-state index is 11.5. The van der Waals surface area contributed by atoms with Crippen molar-refractivity contribution in [2.75, 3.05) is 24.6 Å². The Morgan fingerprint density at radius 3 is 2.47 bits per heavy atom. The molecular weight excluding hydrogens is 214 g/mol. The smallest absolute Gasteiger partial charge is 0.301 e. The molecular formula is C9H15N3O2S. The Labute approximate surface area is 90.1 Å². The number of hydrogen-bond donors (Lipinski definition) is 2. The Morgan fingerprint density at radius 1 is 1.33 bits per heavy atom. The summed E-state index contributed by atoms with van der Waals surface area (Å²) in [6.45, 7) is 1.81. The van der Waals surface area contributed by atoms with Crippen molar-refractivity contribution in [3.63, 3.8) is 0 Å². The van der Waals surface area contributed by atoms with Crippen molar-refractivity contribution in [3.05, 3.63) is 23.8 Å². The highest BCUT2D eigenvalue weighted by molar-refractivity contribution is 7.90.